The van der Waals surface area contributed by atoms with Crippen molar-refractivity contribution < 1.29 is 18.7 Å². The van der Waals surface area contributed by atoms with Crippen LogP contribution in [0.2, 0.25) is 0 Å². The number of rotatable bonds is 3. The molecule has 0 aromatic heterocycles. The monoisotopic (exact) mass is 291 g/mol. The Morgan fingerprint density at radius 1 is 1.19 bits per heavy atom. The van der Waals surface area contributed by atoms with Crippen LogP contribution in [0.25, 0.3) is 0 Å². The highest BCUT2D eigenvalue weighted by atomic mass is 19.1. The van der Waals surface area contributed by atoms with Crippen LogP contribution in [0.15, 0.2) is 36.3 Å². The molecule has 1 N–H and O–H groups in total. The highest BCUT2D eigenvalue weighted by Crippen LogP contribution is 2.34. The average molecular weight is 291 g/mol. The summed E-state index contributed by atoms with van der Waals surface area (Å²) in [5.41, 5.74) is 1.13. The highest BCUT2D eigenvalue weighted by Gasteiger charge is 2.28. The van der Waals surface area contributed by atoms with Crippen molar-refractivity contribution >= 4 is 5.91 Å². The summed E-state index contributed by atoms with van der Waals surface area (Å²) in [5.74, 6) is 0.169. The molecule has 2 atom stereocenters. The molecule has 0 bridgehead atoms. The van der Waals surface area contributed by atoms with Crippen molar-refractivity contribution in [3.8, 4) is 0 Å². The fourth-order valence-electron chi connectivity index (χ4n) is 2.89. The van der Waals surface area contributed by atoms with Crippen molar-refractivity contribution in [2.45, 2.75) is 31.2 Å². The Bertz CT molecular complexity index is 541. The first-order chi connectivity index (χ1) is 10.2. The minimum Gasteiger partial charge on any atom is -0.494 e. The zero-order chi connectivity index (χ0) is 14.7. The Kier molecular flexibility index (Phi) is 4.08. The van der Waals surface area contributed by atoms with Gasteiger partial charge in [-0.3, -0.25) is 4.79 Å². The van der Waals surface area contributed by atoms with Crippen LogP contribution < -0.4 is 5.32 Å². The summed E-state index contributed by atoms with van der Waals surface area (Å²) in [6.07, 6.45) is 4.14. The quantitative estimate of drug-likeness (QED) is 0.930. The van der Waals surface area contributed by atoms with Crippen LogP contribution >= 0.6 is 0 Å². The molecule has 1 aromatic rings. The highest BCUT2D eigenvalue weighted by molar-refractivity contribution is 5.91. The van der Waals surface area contributed by atoms with E-state index in [0.29, 0.717) is 19.1 Å². The van der Waals surface area contributed by atoms with Gasteiger partial charge >= 0.3 is 0 Å². The number of nitrogens with one attached hydrogen (secondary N) is 1. The van der Waals surface area contributed by atoms with E-state index in [2.05, 4.69) is 5.32 Å². The van der Waals surface area contributed by atoms with Gasteiger partial charge in [0.1, 0.15) is 25.3 Å². The van der Waals surface area contributed by atoms with Crippen molar-refractivity contribution in [2.24, 2.45) is 0 Å². The fourth-order valence-corrected chi connectivity index (χ4v) is 2.89. The standard InChI is InChI=1S/C16H18FNO3/c17-13-4-1-11(2-5-13)12-3-6-14(9-12)18-16(19)15-10-20-7-8-21-15/h1-2,4-5,10,12,14H,3,6-9H2,(H,18,19)/t12-,14+/m1/s1. The molecule has 3 rings (SSSR count). The minimum atomic E-state index is -0.223. The van der Waals surface area contributed by atoms with Gasteiger partial charge in [0.05, 0.1) is 0 Å². The van der Waals surface area contributed by atoms with Gasteiger partial charge in [0.2, 0.25) is 5.76 Å². The van der Waals surface area contributed by atoms with Crippen molar-refractivity contribution in [3.63, 3.8) is 0 Å². The second kappa shape index (κ2) is 6.16. The third-order valence-corrected chi connectivity index (χ3v) is 3.98. The number of benzene rings is 1. The fraction of sp³-hybridized carbons (Fsp3) is 0.438. The molecule has 0 spiro atoms. The topological polar surface area (TPSA) is 47.6 Å². The largest absolute Gasteiger partial charge is 0.494 e. The predicted molar refractivity (Wildman–Crippen MR) is 74.9 cm³/mol. The Hall–Kier alpha value is -2.04. The van der Waals surface area contributed by atoms with E-state index >= 15 is 0 Å². The number of carbonyl (C=O) groups excluding carboxylic acids is 1. The summed E-state index contributed by atoms with van der Waals surface area (Å²) in [4.78, 5) is 12.0. The summed E-state index contributed by atoms with van der Waals surface area (Å²) in [6.45, 7) is 0.884. The molecule has 2 aliphatic rings. The van der Waals surface area contributed by atoms with Gasteiger partial charge in [-0.15, -0.1) is 0 Å². The van der Waals surface area contributed by atoms with Crippen LogP contribution in [-0.2, 0) is 14.3 Å². The van der Waals surface area contributed by atoms with Crippen molar-refractivity contribution in [1.29, 1.82) is 0 Å². The van der Waals surface area contributed by atoms with Gasteiger partial charge in [-0.2, -0.15) is 0 Å². The normalized spacial score (nSPS) is 24.7. The van der Waals surface area contributed by atoms with E-state index in [1.54, 1.807) is 0 Å². The molecule has 0 unspecified atom stereocenters. The first kappa shape index (κ1) is 13.9. The molecule has 0 saturated heterocycles. The SMILES string of the molecule is O=C(N[C@H]1CC[C@@H](c2ccc(F)cc2)C1)C1=COCCO1. The Balaban J connectivity index is 1.56. The molecule has 112 valence electrons. The number of carbonyl (C=O) groups is 1. The molecule has 1 heterocycles. The molecule has 1 fully saturated rings. The summed E-state index contributed by atoms with van der Waals surface area (Å²) < 4.78 is 23.3. The van der Waals surface area contributed by atoms with Gasteiger partial charge < -0.3 is 14.8 Å². The van der Waals surface area contributed by atoms with Gasteiger partial charge in [0.15, 0.2) is 0 Å². The lowest BCUT2D eigenvalue weighted by Crippen LogP contribution is -2.35. The Morgan fingerprint density at radius 2 is 2.00 bits per heavy atom. The summed E-state index contributed by atoms with van der Waals surface area (Å²) in [7, 11) is 0. The lowest BCUT2D eigenvalue weighted by Gasteiger charge is -2.18. The smallest absolute Gasteiger partial charge is 0.289 e. The maximum absolute atomic E-state index is 12.9. The van der Waals surface area contributed by atoms with E-state index in [0.717, 1.165) is 24.8 Å². The van der Waals surface area contributed by atoms with Gasteiger partial charge in [0.25, 0.3) is 5.91 Å². The lowest BCUT2D eigenvalue weighted by atomic mass is 9.97. The van der Waals surface area contributed by atoms with Gasteiger partial charge in [-0.05, 0) is 42.9 Å². The molecule has 1 aliphatic carbocycles. The number of amides is 1. The van der Waals surface area contributed by atoms with Crippen LogP contribution in [0.1, 0.15) is 30.7 Å². The lowest BCUT2D eigenvalue weighted by molar-refractivity contribution is -0.122. The van der Waals surface area contributed by atoms with E-state index < -0.39 is 0 Å². The molecule has 0 radical (unpaired) electrons. The summed E-state index contributed by atoms with van der Waals surface area (Å²) in [5, 5.41) is 2.97. The molecule has 1 aliphatic heterocycles. The van der Waals surface area contributed by atoms with Crippen molar-refractivity contribution in [1.82, 2.24) is 5.32 Å². The van der Waals surface area contributed by atoms with Crippen LogP contribution in [0.5, 0.6) is 0 Å². The van der Waals surface area contributed by atoms with E-state index in [1.165, 1.54) is 18.4 Å². The first-order valence-electron chi connectivity index (χ1n) is 7.23. The molecule has 1 amide bonds. The zero-order valence-corrected chi connectivity index (χ0v) is 11.7. The maximum Gasteiger partial charge on any atom is 0.289 e. The zero-order valence-electron chi connectivity index (χ0n) is 11.7. The Labute approximate surface area is 122 Å². The van der Waals surface area contributed by atoms with E-state index in [4.69, 9.17) is 9.47 Å². The van der Waals surface area contributed by atoms with Crippen LogP contribution in [0, 0.1) is 5.82 Å². The molecule has 5 heteroatoms. The van der Waals surface area contributed by atoms with Crippen LogP contribution in [0.4, 0.5) is 4.39 Å². The molecule has 1 aromatic carbocycles. The van der Waals surface area contributed by atoms with Gasteiger partial charge in [0, 0.05) is 6.04 Å². The second-order valence-corrected chi connectivity index (χ2v) is 5.43. The van der Waals surface area contributed by atoms with Crippen LogP contribution in [0.3, 0.4) is 0 Å². The van der Waals surface area contributed by atoms with E-state index in [-0.39, 0.29) is 23.5 Å². The summed E-state index contributed by atoms with van der Waals surface area (Å²) >= 11 is 0. The number of hydrogen-bond donors (Lipinski definition) is 1. The van der Waals surface area contributed by atoms with Gasteiger partial charge in [-0.1, -0.05) is 12.1 Å². The minimum absolute atomic E-state index is 0.124. The van der Waals surface area contributed by atoms with Crippen molar-refractivity contribution in [2.75, 3.05) is 13.2 Å². The number of hydrogen-bond acceptors (Lipinski definition) is 3. The first-order valence-corrected chi connectivity index (χ1v) is 7.23. The maximum atomic E-state index is 12.9. The molecule has 1 saturated carbocycles. The predicted octanol–water partition coefficient (Wildman–Crippen LogP) is 2.47. The molecular formula is C16H18FNO3. The molecular weight excluding hydrogens is 273 g/mol. The van der Waals surface area contributed by atoms with Crippen LogP contribution in [-0.4, -0.2) is 25.2 Å². The Morgan fingerprint density at radius 3 is 2.71 bits per heavy atom. The third kappa shape index (κ3) is 3.35. The molecule has 21 heavy (non-hydrogen) atoms. The third-order valence-electron chi connectivity index (χ3n) is 3.98. The average Bonchev–Trinajstić information content (AvgIpc) is 2.97. The molecule has 4 nitrogen and oxygen atoms in total. The van der Waals surface area contributed by atoms with E-state index in [9.17, 15) is 9.18 Å². The van der Waals surface area contributed by atoms with Crippen molar-refractivity contribution in [3.05, 3.63) is 47.7 Å². The summed E-state index contributed by atoms with van der Waals surface area (Å²) in [6, 6.07) is 6.74. The number of ether oxygens (including phenoxy) is 2. The second-order valence-electron chi connectivity index (χ2n) is 5.43. The van der Waals surface area contributed by atoms with Gasteiger partial charge in [-0.25, -0.2) is 4.39 Å². The number of halogens is 1. The van der Waals surface area contributed by atoms with E-state index in [1.807, 2.05) is 12.1 Å².